The number of piperazine rings is 1. The number of alkyl halides is 3. The van der Waals surface area contributed by atoms with E-state index in [2.05, 4.69) is 10.0 Å². The Morgan fingerprint density at radius 3 is 2.20 bits per heavy atom. The molecule has 0 spiro atoms. The van der Waals surface area contributed by atoms with Crippen molar-refractivity contribution in [1.82, 2.24) is 19.2 Å². The van der Waals surface area contributed by atoms with Crippen LogP contribution in [-0.4, -0.2) is 87.9 Å². The summed E-state index contributed by atoms with van der Waals surface area (Å²) in [7, 11) is -3.98. The summed E-state index contributed by atoms with van der Waals surface area (Å²) < 4.78 is 73.4. The molecule has 0 aromatic rings. The molecule has 2 heterocycles. The van der Waals surface area contributed by atoms with E-state index in [9.17, 15) is 21.6 Å². The van der Waals surface area contributed by atoms with Gasteiger partial charge in [-0.2, -0.15) is 25.9 Å². The first-order chi connectivity index (χ1) is 11.1. The first-order valence-corrected chi connectivity index (χ1v) is 9.45. The van der Waals surface area contributed by atoms with Crippen LogP contribution in [-0.2, 0) is 14.9 Å². The lowest BCUT2D eigenvalue weighted by Crippen LogP contribution is -2.59. The number of nitrogens with one attached hydrogen (secondary N) is 2. The molecule has 12 heteroatoms. The van der Waals surface area contributed by atoms with Crippen LogP contribution in [0.3, 0.4) is 0 Å². The highest BCUT2D eigenvalue weighted by Gasteiger charge is 2.44. The van der Waals surface area contributed by atoms with Gasteiger partial charge in [0.05, 0.1) is 12.2 Å². The summed E-state index contributed by atoms with van der Waals surface area (Å²) in [6.07, 6.45) is -5.08. The highest BCUT2D eigenvalue weighted by atomic mass is 35.5. The zero-order valence-electron chi connectivity index (χ0n) is 14.3. The lowest BCUT2D eigenvalue weighted by Gasteiger charge is -2.37. The van der Waals surface area contributed by atoms with Crippen molar-refractivity contribution in [2.24, 2.45) is 0 Å². The second kappa shape index (κ2) is 9.16. The predicted molar refractivity (Wildman–Crippen MR) is 90.0 cm³/mol. The minimum atomic E-state index is -4.49. The Balaban J connectivity index is 0.00000312. The normalized spacial score (nSPS) is 28.4. The van der Waals surface area contributed by atoms with E-state index < -0.39 is 29.0 Å². The molecule has 2 saturated heterocycles. The molecule has 0 aliphatic carbocycles. The number of morpholine rings is 1. The molecule has 0 aromatic heterocycles. The zero-order chi connectivity index (χ0) is 18.0. The predicted octanol–water partition coefficient (Wildman–Crippen LogP) is 0.188. The van der Waals surface area contributed by atoms with Crippen molar-refractivity contribution in [2.45, 2.75) is 38.3 Å². The minimum Gasteiger partial charge on any atom is -0.373 e. The number of rotatable bonds is 5. The van der Waals surface area contributed by atoms with Gasteiger partial charge in [0, 0.05) is 45.8 Å². The van der Waals surface area contributed by atoms with Crippen LogP contribution in [0.2, 0.25) is 0 Å². The Hall–Kier alpha value is -0.170. The van der Waals surface area contributed by atoms with Gasteiger partial charge in [-0.1, -0.05) is 0 Å². The lowest BCUT2D eigenvalue weighted by atomic mass is 10.2. The summed E-state index contributed by atoms with van der Waals surface area (Å²) in [6.45, 7) is 4.42. The maximum Gasteiger partial charge on any atom is 0.405 e. The van der Waals surface area contributed by atoms with Crippen molar-refractivity contribution in [3.8, 4) is 0 Å². The topological polar surface area (TPSA) is 73.9 Å². The van der Waals surface area contributed by atoms with Gasteiger partial charge in [0.25, 0.3) is 10.2 Å². The van der Waals surface area contributed by atoms with Crippen LogP contribution in [0.4, 0.5) is 13.2 Å². The quantitative estimate of drug-likeness (QED) is 0.677. The van der Waals surface area contributed by atoms with E-state index in [0.29, 0.717) is 13.1 Å². The van der Waals surface area contributed by atoms with Gasteiger partial charge >= 0.3 is 6.18 Å². The number of halogens is 4. The van der Waals surface area contributed by atoms with E-state index in [1.807, 2.05) is 0 Å². The van der Waals surface area contributed by atoms with Crippen molar-refractivity contribution in [3.05, 3.63) is 0 Å². The third-order valence-corrected chi connectivity index (χ3v) is 5.66. The van der Waals surface area contributed by atoms with E-state index in [-0.39, 0.29) is 50.8 Å². The molecule has 150 valence electrons. The minimum absolute atomic E-state index is 0. The second-order valence-corrected chi connectivity index (χ2v) is 8.03. The number of ether oxygens (including phenoxy) is 1. The van der Waals surface area contributed by atoms with Crippen LogP contribution in [0.25, 0.3) is 0 Å². The zero-order valence-corrected chi connectivity index (χ0v) is 15.9. The molecule has 2 N–H and O–H groups in total. The van der Waals surface area contributed by atoms with E-state index in [1.165, 1.54) is 4.90 Å². The molecule has 0 radical (unpaired) electrons. The van der Waals surface area contributed by atoms with Gasteiger partial charge < -0.3 is 10.1 Å². The van der Waals surface area contributed by atoms with Gasteiger partial charge in [-0.15, -0.1) is 12.4 Å². The van der Waals surface area contributed by atoms with Gasteiger partial charge in [0.2, 0.25) is 0 Å². The van der Waals surface area contributed by atoms with E-state index in [1.54, 1.807) is 13.8 Å². The van der Waals surface area contributed by atoms with Crippen LogP contribution in [0.15, 0.2) is 0 Å². The fourth-order valence-electron chi connectivity index (χ4n) is 3.05. The third kappa shape index (κ3) is 6.49. The molecule has 7 nitrogen and oxygen atoms in total. The van der Waals surface area contributed by atoms with E-state index in [0.717, 1.165) is 4.31 Å². The molecule has 0 saturated carbocycles. The van der Waals surface area contributed by atoms with Crippen molar-refractivity contribution >= 4 is 22.6 Å². The molecule has 0 amide bonds. The van der Waals surface area contributed by atoms with Crippen LogP contribution in [0.1, 0.15) is 13.8 Å². The molecule has 3 atom stereocenters. The molecule has 0 bridgehead atoms. The van der Waals surface area contributed by atoms with E-state index in [4.69, 9.17) is 4.74 Å². The van der Waals surface area contributed by atoms with Crippen LogP contribution in [0.5, 0.6) is 0 Å². The third-order valence-electron chi connectivity index (χ3n) is 4.16. The molecule has 2 aliphatic heterocycles. The maximum absolute atomic E-state index is 13.3. The van der Waals surface area contributed by atoms with Crippen molar-refractivity contribution in [2.75, 3.05) is 45.8 Å². The SMILES string of the molecule is CC1CN(S(=O)(=O)NCC(N2CCNCC2)C(F)(F)F)CC(C)O1.Cl. The van der Waals surface area contributed by atoms with Gasteiger partial charge in [0.15, 0.2) is 0 Å². The number of hydrogen-bond donors (Lipinski definition) is 2. The first-order valence-electron chi connectivity index (χ1n) is 8.01. The van der Waals surface area contributed by atoms with Crippen molar-refractivity contribution in [1.29, 1.82) is 0 Å². The fraction of sp³-hybridized carbons (Fsp3) is 1.00. The molecule has 25 heavy (non-hydrogen) atoms. The second-order valence-electron chi connectivity index (χ2n) is 6.27. The lowest BCUT2D eigenvalue weighted by molar-refractivity contribution is -0.182. The van der Waals surface area contributed by atoms with Crippen molar-refractivity contribution < 1.29 is 26.3 Å². The summed E-state index contributed by atoms with van der Waals surface area (Å²) in [6, 6.07) is -1.83. The summed E-state index contributed by atoms with van der Waals surface area (Å²) in [5.41, 5.74) is 0. The Kier molecular flexibility index (Phi) is 8.38. The van der Waals surface area contributed by atoms with Gasteiger partial charge in [0.1, 0.15) is 6.04 Å². The average molecular weight is 411 g/mol. The smallest absolute Gasteiger partial charge is 0.373 e. The van der Waals surface area contributed by atoms with Gasteiger partial charge in [-0.3, -0.25) is 4.90 Å². The molecule has 3 unspecified atom stereocenters. The molecular weight excluding hydrogens is 385 g/mol. The highest BCUT2D eigenvalue weighted by Crippen LogP contribution is 2.25. The number of nitrogens with zero attached hydrogens (tertiary/aromatic N) is 2. The van der Waals surface area contributed by atoms with E-state index >= 15 is 0 Å². The standard InChI is InChI=1S/C13H25F3N4O3S.ClH/c1-10-8-20(9-11(2)23-10)24(21,22)18-7-12(13(14,15)16)19-5-3-17-4-6-19;/h10-12,17-18H,3-9H2,1-2H3;1H. The molecular formula is C13H26ClF3N4O3S. The fourth-order valence-corrected chi connectivity index (χ4v) is 4.41. The monoisotopic (exact) mass is 410 g/mol. The summed E-state index contributed by atoms with van der Waals surface area (Å²) in [5, 5.41) is 2.98. The Labute approximate surface area is 152 Å². The average Bonchev–Trinajstić information content (AvgIpc) is 2.46. The maximum atomic E-state index is 13.3. The Morgan fingerprint density at radius 2 is 1.72 bits per heavy atom. The van der Waals surface area contributed by atoms with Gasteiger partial charge in [-0.05, 0) is 13.8 Å². The Morgan fingerprint density at radius 1 is 1.20 bits per heavy atom. The molecule has 0 aromatic carbocycles. The highest BCUT2D eigenvalue weighted by molar-refractivity contribution is 7.87. The van der Waals surface area contributed by atoms with Gasteiger partial charge in [-0.25, -0.2) is 4.72 Å². The largest absolute Gasteiger partial charge is 0.405 e. The summed E-state index contributed by atoms with van der Waals surface area (Å²) in [5.74, 6) is 0. The summed E-state index contributed by atoms with van der Waals surface area (Å²) in [4.78, 5) is 1.27. The summed E-state index contributed by atoms with van der Waals surface area (Å²) >= 11 is 0. The first kappa shape index (κ1) is 22.9. The molecule has 2 rings (SSSR count). The van der Waals surface area contributed by atoms with Crippen LogP contribution >= 0.6 is 12.4 Å². The Bertz CT molecular complexity index is 507. The van der Waals surface area contributed by atoms with Crippen LogP contribution in [0, 0.1) is 0 Å². The molecule has 2 fully saturated rings. The molecule has 2 aliphatic rings. The number of hydrogen-bond acceptors (Lipinski definition) is 5. The van der Waals surface area contributed by atoms with Crippen molar-refractivity contribution in [3.63, 3.8) is 0 Å². The van der Waals surface area contributed by atoms with Crippen LogP contribution < -0.4 is 10.0 Å².